The number of hydrogen-bond donors (Lipinski definition) is 1. The molecular formula is C14H17BrN2O2. The van der Waals surface area contributed by atoms with Gasteiger partial charge >= 0.3 is 0 Å². The first kappa shape index (κ1) is 14.1. The van der Waals surface area contributed by atoms with E-state index in [4.69, 9.17) is 0 Å². The van der Waals surface area contributed by atoms with Crippen molar-refractivity contribution in [2.24, 2.45) is 0 Å². The molecule has 0 spiro atoms. The van der Waals surface area contributed by atoms with Gasteiger partial charge in [0.05, 0.1) is 0 Å². The van der Waals surface area contributed by atoms with Crippen LogP contribution in [0.2, 0.25) is 0 Å². The van der Waals surface area contributed by atoms with Crippen molar-refractivity contribution in [1.82, 2.24) is 4.90 Å². The van der Waals surface area contributed by atoms with Crippen molar-refractivity contribution in [2.75, 3.05) is 5.32 Å². The molecule has 5 heteroatoms. The first-order chi connectivity index (χ1) is 9.11. The van der Waals surface area contributed by atoms with Crippen LogP contribution in [0.1, 0.15) is 32.6 Å². The summed E-state index contributed by atoms with van der Waals surface area (Å²) in [5.74, 6) is -0.156. The number of nitrogens with zero attached hydrogens (tertiary/aromatic N) is 1. The van der Waals surface area contributed by atoms with Crippen molar-refractivity contribution in [3.63, 3.8) is 0 Å². The van der Waals surface area contributed by atoms with E-state index in [0.717, 1.165) is 23.0 Å². The van der Waals surface area contributed by atoms with Gasteiger partial charge in [-0.05, 0) is 24.6 Å². The summed E-state index contributed by atoms with van der Waals surface area (Å²) in [6.07, 6.45) is 2.08. The molecule has 19 heavy (non-hydrogen) atoms. The number of benzene rings is 1. The topological polar surface area (TPSA) is 49.4 Å². The summed E-state index contributed by atoms with van der Waals surface area (Å²) in [6.45, 7) is 2.04. The summed E-state index contributed by atoms with van der Waals surface area (Å²) in [5, 5.41) is 3.28. The minimum Gasteiger partial charge on any atom is -0.365 e. The summed E-state index contributed by atoms with van der Waals surface area (Å²) in [4.78, 5) is 25.0. The summed E-state index contributed by atoms with van der Waals surface area (Å²) < 4.78 is 0.965. The Labute approximate surface area is 121 Å². The molecule has 1 N–H and O–H groups in total. The lowest BCUT2D eigenvalue weighted by molar-refractivity contribution is -0.140. The maximum absolute atomic E-state index is 11.8. The van der Waals surface area contributed by atoms with Crippen LogP contribution in [0, 0.1) is 0 Å². The minimum atomic E-state index is -0.248. The van der Waals surface area contributed by atoms with E-state index in [1.165, 1.54) is 4.90 Å². The molecule has 1 fully saturated rings. The molecule has 0 aromatic heterocycles. The van der Waals surface area contributed by atoms with Crippen molar-refractivity contribution >= 4 is 33.4 Å². The highest BCUT2D eigenvalue weighted by Gasteiger charge is 2.34. The number of carbonyl (C=O) groups excluding carboxylic acids is 2. The van der Waals surface area contributed by atoms with E-state index in [2.05, 4.69) is 21.2 Å². The van der Waals surface area contributed by atoms with Crippen LogP contribution in [0.15, 0.2) is 28.7 Å². The molecule has 1 atom stereocenters. The number of amides is 2. The van der Waals surface area contributed by atoms with Gasteiger partial charge in [0.25, 0.3) is 0 Å². The zero-order chi connectivity index (χ0) is 13.8. The van der Waals surface area contributed by atoms with Gasteiger partial charge in [-0.3, -0.25) is 14.5 Å². The number of nitrogens with one attached hydrogen (secondary N) is 1. The Morgan fingerprint density at radius 2 is 2.00 bits per heavy atom. The average Bonchev–Trinajstić information content (AvgIpc) is 2.69. The van der Waals surface area contributed by atoms with Gasteiger partial charge in [-0.1, -0.05) is 35.3 Å². The third-order valence-corrected chi connectivity index (χ3v) is 3.62. The molecule has 102 valence electrons. The molecule has 0 aliphatic carbocycles. The molecule has 0 bridgehead atoms. The third-order valence-electron chi connectivity index (χ3n) is 3.12. The fourth-order valence-electron chi connectivity index (χ4n) is 2.25. The van der Waals surface area contributed by atoms with E-state index >= 15 is 0 Å². The first-order valence-corrected chi connectivity index (χ1v) is 7.28. The number of carbonyl (C=O) groups is 2. The molecule has 1 saturated heterocycles. The normalized spacial score (nSPS) is 16.8. The number of hydrogen-bond acceptors (Lipinski definition) is 3. The molecule has 1 heterocycles. The molecule has 1 aromatic carbocycles. The highest BCUT2D eigenvalue weighted by Crippen LogP contribution is 2.22. The highest BCUT2D eigenvalue weighted by atomic mass is 79.9. The summed E-state index contributed by atoms with van der Waals surface area (Å²) >= 11 is 3.41. The maximum Gasteiger partial charge on any atom is 0.231 e. The SMILES string of the molecule is CCC[C@@H](Nc1cccc(Br)c1)N1C(=O)CCC1=O. The van der Waals surface area contributed by atoms with Crippen LogP contribution in [0.25, 0.3) is 0 Å². The fourth-order valence-corrected chi connectivity index (χ4v) is 2.65. The number of imide groups is 1. The van der Waals surface area contributed by atoms with Crippen LogP contribution >= 0.6 is 15.9 Å². The molecule has 0 saturated carbocycles. The van der Waals surface area contributed by atoms with Gasteiger partial charge in [-0.2, -0.15) is 0 Å². The molecule has 1 aliphatic heterocycles. The summed E-state index contributed by atoms with van der Waals surface area (Å²) in [5.41, 5.74) is 0.903. The second kappa shape index (κ2) is 6.19. The standard InChI is InChI=1S/C14H17BrN2O2/c1-2-4-12(17-13(18)7-8-14(17)19)16-11-6-3-5-10(15)9-11/h3,5-6,9,12,16H,2,4,7-8H2,1H3/t12-/m0/s1. The Morgan fingerprint density at radius 1 is 1.32 bits per heavy atom. The highest BCUT2D eigenvalue weighted by molar-refractivity contribution is 9.10. The fraction of sp³-hybridized carbons (Fsp3) is 0.429. The molecule has 2 amide bonds. The second-order valence-corrected chi connectivity index (χ2v) is 5.53. The van der Waals surface area contributed by atoms with Crippen LogP contribution in [0.3, 0.4) is 0 Å². The Bertz CT molecular complexity index is 474. The van der Waals surface area contributed by atoms with Crippen LogP contribution in [-0.2, 0) is 9.59 Å². The number of rotatable bonds is 5. The zero-order valence-corrected chi connectivity index (χ0v) is 12.4. The average molecular weight is 325 g/mol. The zero-order valence-electron chi connectivity index (χ0n) is 10.9. The largest absolute Gasteiger partial charge is 0.365 e. The molecule has 1 aromatic rings. The Balaban J connectivity index is 2.16. The van der Waals surface area contributed by atoms with Crippen molar-refractivity contribution in [3.05, 3.63) is 28.7 Å². The monoisotopic (exact) mass is 324 g/mol. The summed E-state index contributed by atoms with van der Waals surface area (Å²) in [7, 11) is 0. The number of halogens is 1. The van der Waals surface area contributed by atoms with E-state index < -0.39 is 0 Å². The van der Waals surface area contributed by atoms with E-state index in [1.54, 1.807) is 0 Å². The van der Waals surface area contributed by atoms with Gasteiger partial charge in [-0.15, -0.1) is 0 Å². The lowest BCUT2D eigenvalue weighted by Gasteiger charge is -2.27. The third kappa shape index (κ3) is 3.35. The molecule has 4 nitrogen and oxygen atoms in total. The predicted octanol–water partition coefficient (Wildman–Crippen LogP) is 3.14. The van der Waals surface area contributed by atoms with Gasteiger partial charge in [0.1, 0.15) is 6.17 Å². The lowest BCUT2D eigenvalue weighted by atomic mass is 10.2. The van der Waals surface area contributed by atoms with E-state index in [0.29, 0.717) is 12.8 Å². The van der Waals surface area contributed by atoms with Crippen LogP contribution in [0.5, 0.6) is 0 Å². The molecule has 1 aliphatic rings. The van der Waals surface area contributed by atoms with E-state index in [-0.39, 0.29) is 18.0 Å². The molecule has 0 unspecified atom stereocenters. The smallest absolute Gasteiger partial charge is 0.231 e. The van der Waals surface area contributed by atoms with Crippen molar-refractivity contribution < 1.29 is 9.59 Å². The van der Waals surface area contributed by atoms with Crippen LogP contribution in [-0.4, -0.2) is 22.9 Å². The second-order valence-electron chi connectivity index (χ2n) is 4.62. The Kier molecular flexibility index (Phi) is 4.58. The van der Waals surface area contributed by atoms with Crippen LogP contribution in [0.4, 0.5) is 5.69 Å². The number of likely N-dealkylation sites (tertiary alicyclic amines) is 1. The minimum absolute atomic E-state index is 0.0778. The van der Waals surface area contributed by atoms with Crippen molar-refractivity contribution in [2.45, 2.75) is 38.8 Å². The molecule has 2 rings (SSSR count). The van der Waals surface area contributed by atoms with Gasteiger partial charge in [0.2, 0.25) is 11.8 Å². The van der Waals surface area contributed by atoms with Crippen LogP contribution < -0.4 is 5.32 Å². The maximum atomic E-state index is 11.8. The van der Waals surface area contributed by atoms with Gasteiger partial charge in [-0.25, -0.2) is 0 Å². The molecule has 0 radical (unpaired) electrons. The van der Waals surface area contributed by atoms with Gasteiger partial charge in [0, 0.05) is 23.0 Å². The quantitative estimate of drug-likeness (QED) is 0.846. The van der Waals surface area contributed by atoms with Crippen molar-refractivity contribution in [1.29, 1.82) is 0 Å². The number of anilines is 1. The summed E-state index contributed by atoms with van der Waals surface area (Å²) in [6, 6.07) is 7.72. The van der Waals surface area contributed by atoms with Crippen molar-refractivity contribution in [3.8, 4) is 0 Å². The lowest BCUT2D eigenvalue weighted by Crippen LogP contribution is -2.44. The Morgan fingerprint density at radius 3 is 2.58 bits per heavy atom. The van der Waals surface area contributed by atoms with E-state index in [1.807, 2.05) is 31.2 Å². The Hall–Kier alpha value is -1.36. The van der Waals surface area contributed by atoms with E-state index in [9.17, 15) is 9.59 Å². The predicted molar refractivity (Wildman–Crippen MR) is 77.5 cm³/mol. The molecular weight excluding hydrogens is 308 g/mol. The van der Waals surface area contributed by atoms with Gasteiger partial charge in [0.15, 0.2) is 0 Å². The van der Waals surface area contributed by atoms with Gasteiger partial charge < -0.3 is 5.32 Å². The first-order valence-electron chi connectivity index (χ1n) is 6.49.